The van der Waals surface area contributed by atoms with Crippen molar-refractivity contribution in [2.24, 2.45) is 11.7 Å². The van der Waals surface area contributed by atoms with E-state index in [2.05, 4.69) is 22.9 Å². The van der Waals surface area contributed by atoms with E-state index < -0.39 is 0 Å². The van der Waals surface area contributed by atoms with E-state index in [9.17, 15) is 4.79 Å². The van der Waals surface area contributed by atoms with Crippen molar-refractivity contribution in [1.82, 2.24) is 4.90 Å². The minimum absolute atomic E-state index is 0.0258. The summed E-state index contributed by atoms with van der Waals surface area (Å²) < 4.78 is 5.66. The predicted molar refractivity (Wildman–Crippen MR) is 64.1 cm³/mol. The van der Waals surface area contributed by atoms with Crippen LogP contribution in [-0.2, 0) is 0 Å². The fraction of sp³-hybridized carbons (Fsp3) is 0.545. The fourth-order valence-electron chi connectivity index (χ4n) is 2.18. The number of carbonyl (C=O) groups excluding carboxylic acids is 1. The summed E-state index contributed by atoms with van der Waals surface area (Å²) in [6.45, 7) is 3.45. The topological polar surface area (TPSA) is 59.5 Å². The number of rotatable bonds is 2. The average molecular weight is 287 g/mol. The molecule has 2 unspecified atom stereocenters. The third kappa shape index (κ3) is 2.15. The summed E-state index contributed by atoms with van der Waals surface area (Å²) in [4.78, 5) is 14.0. The number of halogens is 1. The molecule has 0 aliphatic carbocycles. The van der Waals surface area contributed by atoms with Crippen molar-refractivity contribution in [2.45, 2.75) is 19.4 Å². The van der Waals surface area contributed by atoms with Gasteiger partial charge >= 0.3 is 0 Å². The van der Waals surface area contributed by atoms with E-state index in [1.165, 1.54) is 6.26 Å². The molecule has 0 bridgehead atoms. The molecule has 1 aromatic rings. The van der Waals surface area contributed by atoms with Crippen molar-refractivity contribution in [1.29, 1.82) is 0 Å². The third-order valence-corrected chi connectivity index (χ3v) is 3.49. The van der Waals surface area contributed by atoms with Gasteiger partial charge in [-0.25, -0.2) is 0 Å². The molecule has 1 fully saturated rings. The quantitative estimate of drug-likeness (QED) is 0.903. The zero-order chi connectivity index (χ0) is 11.7. The molecule has 1 amide bonds. The van der Waals surface area contributed by atoms with Crippen LogP contribution in [0.2, 0.25) is 0 Å². The number of hydrogen-bond acceptors (Lipinski definition) is 3. The minimum Gasteiger partial charge on any atom is -0.457 e. The van der Waals surface area contributed by atoms with E-state index in [0.29, 0.717) is 22.7 Å². The Morgan fingerprint density at radius 3 is 3.00 bits per heavy atom. The van der Waals surface area contributed by atoms with Gasteiger partial charge in [-0.05, 0) is 41.7 Å². The van der Waals surface area contributed by atoms with Crippen molar-refractivity contribution in [3.63, 3.8) is 0 Å². The predicted octanol–water partition coefficient (Wildman–Crippen LogP) is 1.85. The highest BCUT2D eigenvalue weighted by Crippen LogP contribution is 2.25. The molecule has 1 aliphatic rings. The molecule has 2 N–H and O–H groups in total. The first-order valence-corrected chi connectivity index (χ1v) is 6.16. The van der Waals surface area contributed by atoms with E-state index in [4.69, 9.17) is 10.2 Å². The van der Waals surface area contributed by atoms with Crippen molar-refractivity contribution in [3.05, 3.63) is 22.6 Å². The Bertz CT molecular complexity index is 391. The van der Waals surface area contributed by atoms with Gasteiger partial charge in [0.25, 0.3) is 5.91 Å². The van der Waals surface area contributed by atoms with Gasteiger partial charge in [0, 0.05) is 18.7 Å². The van der Waals surface area contributed by atoms with Crippen LogP contribution in [0, 0.1) is 5.92 Å². The number of nitrogens with two attached hydrogens (primary N) is 1. The summed E-state index contributed by atoms with van der Waals surface area (Å²) in [7, 11) is 0. The Labute approximate surface area is 103 Å². The highest BCUT2D eigenvalue weighted by Gasteiger charge is 2.32. The number of furan rings is 1. The Morgan fingerprint density at radius 2 is 2.50 bits per heavy atom. The van der Waals surface area contributed by atoms with E-state index in [1.54, 1.807) is 6.07 Å². The lowest BCUT2D eigenvalue weighted by atomic mass is 10.1. The van der Waals surface area contributed by atoms with Crippen LogP contribution in [0.1, 0.15) is 23.7 Å². The molecule has 88 valence electrons. The van der Waals surface area contributed by atoms with Crippen LogP contribution < -0.4 is 5.73 Å². The second kappa shape index (κ2) is 4.59. The largest absolute Gasteiger partial charge is 0.457 e. The van der Waals surface area contributed by atoms with Crippen LogP contribution in [0.4, 0.5) is 0 Å². The zero-order valence-corrected chi connectivity index (χ0v) is 10.7. The lowest BCUT2D eigenvalue weighted by Gasteiger charge is -2.20. The summed E-state index contributed by atoms with van der Waals surface area (Å²) in [5, 5.41) is 0. The molecule has 5 heteroatoms. The molecular weight excluding hydrogens is 272 g/mol. The number of nitrogens with zero attached hydrogens (tertiary/aromatic N) is 1. The van der Waals surface area contributed by atoms with Crippen molar-refractivity contribution >= 4 is 21.8 Å². The first-order chi connectivity index (χ1) is 7.61. The average Bonchev–Trinajstić information content (AvgIpc) is 2.83. The third-order valence-electron chi connectivity index (χ3n) is 3.07. The summed E-state index contributed by atoms with van der Waals surface area (Å²) in [5.74, 6) is 0.451. The second-order valence-corrected chi connectivity index (χ2v) is 5.07. The van der Waals surface area contributed by atoms with Crippen LogP contribution in [-0.4, -0.2) is 29.9 Å². The number of carbonyl (C=O) groups is 1. The van der Waals surface area contributed by atoms with Gasteiger partial charge in [0.05, 0.1) is 5.56 Å². The number of amides is 1. The summed E-state index contributed by atoms with van der Waals surface area (Å²) in [6, 6.07) is 1.96. The lowest BCUT2D eigenvalue weighted by molar-refractivity contribution is 0.0742. The standard InChI is InChI=1S/C11H15BrN2O2/c1-7-2-8(4-13)5-14(7)11(15)9-3-10(12)16-6-9/h3,6-8H,2,4-5,13H2,1H3. The van der Waals surface area contributed by atoms with Gasteiger partial charge in [0.2, 0.25) is 0 Å². The molecule has 1 aromatic heterocycles. The van der Waals surface area contributed by atoms with Crippen LogP contribution in [0.15, 0.2) is 21.4 Å². The Kier molecular flexibility index (Phi) is 3.35. The molecule has 2 heterocycles. The van der Waals surface area contributed by atoms with Crippen LogP contribution >= 0.6 is 15.9 Å². The Balaban J connectivity index is 2.11. The normalized spacial score (nSPS) is 25.1. The van der Waals surface area contributed by atoms with Gasteiger partial charge in [-0.1, -0.05) is 0 Å². The molecular formula is C11H15BrN2O2. The highest BCUT2D eigenvalue weighted by molar-refractivity contribution is 9.10. The fourth-order valence-corrected chi connectivity index (χ4v) is 2.52. The van der Waals surface area contributed by atoms with E-state index in [0.717, 1.165) is 13.0 Å². The molecule has 0 spiro atoms. The van der Waals surface area contributed by atoms with E-state index >= 15 is 0 Å². The van der Waals surface area contributed by atoms with Crippen molar-refractivity contribution < 1.29 is 9.21 Å². The van der Waals surface area contributed by atoms with Gasteiger partial charge in [-0.3, -0.25) is 4.79 Å². The molecule has 0 radical (unpaired) electrons. The second-order valence-electron chi connectivity index (χ2n) is 4.28. The van der Waals surface area contributed by atoms with Gasteiger partial charge in [-0.2, -0.15) is 0 Å². The van der Waals surface area contributed by atoms with Gasteiger partial charge < -0.3 is 15.1 Å². The first kappa shape index (κ1) is 11.7. The van der Waals surface area contributed by atoms with Crippen LogP contribution in [0.5, 0.6) is 0 Å². The first-order valence-electron chi connectivity index (χ1n) is 5.37. The maximum absolute atomic E-state index is 12.1. The molecule has 2 atom stereocenters. The molecule has 0 saturated carbocycles. The molecule has 2 rings (SSSR count). The zero-order valence-electron chi connectivity index (χ0n) is 9.15. The molecule has 0 aromatic carbocycles. The summed E-state index contributed by atoms with van der Waals surface area (Å²) >= 11 is 3.19. The van der Waals surface area contributed by atoms with Crippen molar-refractivity contribution in [3.8, 4) is 0 Å². The van der Waals surface area contributed by atoms with E-state index in [1.807, 2.05) is 4.90 Å². The van der Waals surface area contributed by atoms with Gasteiger partial charge in [0.15, 0.2) is 4.67 Å². The molecule has 1 aliphatic heterocycles. The SMILES string of the molecule is CC1CC(CN)CN1C(=O)c1coc(Br)c1. The van der Waals surface area contributed by atoms with Crippen LogP contribution in [0.3, 0.4) is 0 Å². The minimum atomic E-state index is 0.0258. The van der Waals surface area contributed by atoms with E-state index in [-0.39, 0.29) is 11.9 Å². The van der Waals surface area contributed by atoms with Crippen LogP contribution in [0.25, 0.3) is 0 Å². The molecule has 1 saturated heterocycles. The Hall–Kier alpha value is -0.810. The summed E-state index contributed by atoms with van der Waals surface area (Å²) in [6.07, 6.45) is 2.47. The van der Waals surface area contributed by atoms with Gasteiger partial charge in [-0.15, -0.1) is 0 Å². The molecule has 4 nitrogen and oxygen atoms in total. The van der Waals surface area contributed by atoms with Crippen molar-refractivity contribution in [2.75, 3.05) is 13.1 Å². The number of likely N-dealkylation sites (tertiary alicyclic amines) is 1. The monoisotopic (exact) mass is 286 g/mol. The number of hydrogen-bond donors (Lipinski definition) is 1. The maximum atomic E-state index is 12.1. The highest BCUT2D eigenvalue weighted by atomic mass is 79.9. The lowest BCUT2D eigenvalue weighted by Crippen LogP contribution is -2.34. The smallest absolute Gasteiger partial charge is 0.257 e. The maximum Gasteiger partial charge on any atom is 0.257 e. The van der Waals surface area contributed by atoms with Gasteiger partial charge in [0.1, 0.15) is 6.26 Å². The summed E-state index contributed by atoms with van der Waals surface area (Å²) in [5.41, 5.74) is 6.23. The molecule has 16 heavy (non-hydrogen) atoms. The Morgan fingerprint density at radius 1 is 1.75 bits per heavy atom.